The molecule has 0 aromatic carbocycles. The maximum absolute atomic E-state index is 10.1. The van der Waals surface area contributed by atoms with Gasteiger partial charge in [-0.05, 0) is 6.42 Å². The molecule has 1 amide bonds. The van der Waals surface area contributed by atoms with E-state index in [4.69, 9.17) is 11.5 Å². The molecule has 0 saturated heterocycles. The Bertz CT molecular complexity index is 156. The smallest absolute Gasteiger partial charge is 1.00 e. The third kappa shape index (κ3) is 9.70. The van der Waals surface area contributed by atoms with E-state index in [1.54, 1.807) is 0 Å². The number of carbonyl (C=O) groups excluding carboxylic acids is 2. The summed E-state index contributed by atoms with van der Waals surface area (Å²) in [6.07, 6.45) is 0.0206. The molecule has 0 rings (SSSR count). The predicted octanol–water partition coefficient (Wildman–Crippen LogP) is -5.67. The Labute approximate surface area is 86.5 Å². The zero-order valence-electron chi connectivity index (χ0n) is 6.08. The summed E-state index contributed by atoms with van der Waals surface area (Å²) in [5.41, 5.74) is 9.73. The number of primary amides is 1. The molecule has 4 N–H and O–H groups in total. The Balaban J connectivity index is -0.000000405. The van der Waals surface area contributed by atoms with Crippen molar-refractivity contribution in [2.45, 2.75) is 18.9 Å². The van der Waals surface area contributed by atoms with Gasteiger partial charge >= 0.3 is 16.8 Å². The zero-order chi connectivity index (χ0) is 8.15. The van der Waals surface area contributed by atoms with Crippen LogP contribution in [-0.2, 0) is 26.4 Å². The largest absolute Gasteiger partial charge is 2.00 e. The number of amides is 1. The van der Waals surface area contributed by atoms with E-state index in [-0.39, 0.29) is 42.0 Å². The maximum Gasteiger partial charge on any atom is 2.00 e. The van der Waals surface area contributed by atoms with Crippen molar-refractivity contribution < 1.29 is 43.9 Å². The van der Waals surface area contributed by atoms with Crippen molar-refractivity contribution in [3.63, 3.8) is 0 Å². The van der Waals surface area contributed by atoms with Crippen molar-refractivity contribution in [1.82, 2.24) is 0 Å². The third-order valence-electron chi connectivity index (χ3n) is 1.00. The minimum atomic E-state index is -1.36. The van der Waals surface area contributed by atoms with Gasteiger partial charge in [-0.3, -0.25) is 4.79 Å². The number of carboxylic acid groups (broad SMARTS) is 1. The second-order valence-corrected chi connectivity index (χ2v) is 1.93. The Hall–Kier alpha value is -0.304. The number of aliphatic carboxylic acids is 1. The first-order valence-electron chi connectivity index (χ1n) is 2.78. The Kier molecular flexibility index (Phi) is 13.0. The molecule has 0 aliphatic heterocycles. The second-order valence-electron chi connectivity index (χ2n) is 1.93. The summed E-state index contributed by atoms with van der Waals surface area (Å²) < 4.78 is 0. The molecule has 0 unspecified atom stereocenters. The van der Waals surface area contributed by atoms with Crippen molar-refractivity contribution in [3.05, 3.63) is 0 Å². The molecule has 5 nitrogen and oxygen atoms in total. The fourth-order valence-corrected chi connectivity index (χ4v) is 0.416. The van der Waals surface area contributed by atoms with Gasteiger partial charge in [-0.2, -0.15) is 0 Å². The van der Waals surface area contributed by atoms with Crippen LogP contribution in [0.1, 0.15) is 12.8 Å². The van der Waals surface area contributed by atoms with Crippen LogP contribution in [0, 0.1) is 0 Å². The third-order valence-corrected chi connectivity index (χ3v) is 1.00. The first kappa shape index (κ1) is 17.7. The van der Waals surface area contributed by atoms with E-state index >= 15 is 0 Å². The van der Waals surface area contributed by atoms with Crippen LogP contribution in [-0.4, -0.2) is 17.9 Å². The van der Waals surface area contributed by atoms with Crippen LogP contribution in [0.15, 0.2) is 0 Å². The van der Waals surface area contributed by atoms with Gasteiger partial charge in [-0.15, -0.1) is 0 Å². The molecule has 0 saturated carbocycles. The van der Waals surface area contributed by atoms with Gasteiger partial charge in [0.25, 0.3) is 0 Å². The summed E-state index contributed by atoms with van der Waals surface area (Å²) in [7, 11) is 0. The minimum absolute atomic E-state index is 0. The normalized spacial score (nSPS) is 10.4. The van der Waals surface area contributed by atoms with Crippen molar-refractivity contribution in [2.75, 3.05) is 0 Å². The van der Waals surface area contributed by atoms with Gasteiger partial charge in [0.15, 0.2) is 0 Å². The molecule has 0 aromatic heterocycles. The molecule has 0 aromatic rings. The van der Waals surface area contributed by atoms with Crippen molar-refractivity contribution in [3.8, 4) is 0 Å². The SMILES string of the molecule is NC(=O)CC[C@@H](N)C(=O)[O-].[Cl-].[Co+2]. The zero-order valence-corrected chi connectivity index (χ0v) is 7.88. The van der Waals surface area contributed by atoms with E-state index in [0.29, 0.717) is 0 Å². The molecule has 0 aliphatic rings. The molecular formula is C5H9ClCoN2O3. The van der Waals surface area contributed by atoms with Gasteiger partial charge in [0.05, 0.1) is 5.97 Å². The second kappa shape index (κ2) is 8.79. The number of rotatable bonds is 4. The number of carbonyl (C=O) groups is 2. The van der Waals surface area contributed by atoms with E-state index in [2.05, 4.69) is 0 Å². The van der Waals surface area contributed by atoms with Crippen LogP contribution in [0.2, 0.25) is 0 Å². The fraction of sp³-hybridized carbons (Fsp3) is 0.600. The van der Waals surface area contributed by atoms with Crippen LogP contribution in [0.5, 0.6) is 0 Å². The summed E-state index contributed by atoms with van der Waals surface area (Å²) in [4.78, 5) is 20.0. The summed E-state index contributed by atoms with van der Waals surface area (Å²) >= 11 is 0. The van der Waals surface area contributed by atoms with Gasteiger partial charge in [0, 0.05) is 12.5 Å². The van der Waals surface area contributed by atoms with Gasteiger partial charge < -0.3 is 33.8 Å². The van der Waals surface area contributed by atoms with Crippen LogP contribution in [0.25, 0.3) is 0 Å². The van der Waals surface area contributed by atoms with E-state index in [1.165, 1.54) is 0 Å². The van der Waals surface area contributed by atoms with E-state index < -0.39 is 17.9 Å². The van der Waals surface area contributed by atoms with Crippen molar-refractivity contribution >= 4 is 11.9 Å². The summed E-state index contributed by atoms with van der Waals surface area (Å²) in [6, 6.07) is -1.09. The number of halogens is 1. The minimum Gasteiger partial charge on any atom is -1.00 e. The van der Waals surface area contributed by atoms with Gasteiger partial charge in [-0.25, -0.2) is 0 Å². The Morgan fingerprint density at radius 1 is 1.42 bits per heavy atom. The fourth-order valence-electron chi connectivity index (χ4n) is 0.416. The van der Waals surface area contributed by atoms with E-state index in [1.807, 2.05) is 0 Å². The van der Waals surface area contributed by atoms with Gasteiger partial charge in [0.2, 0.25) is 5.91 Å². The van der Waals surface area contributed by atoms with E-state index in [9.17, 15) is 14.7 Å². The van der Waals surface area contributed by atoms with E-state index in [0.717, 1.165) is 0 Å². The summed E-state index contributed by atoms with van der Waals surface area (Å²) in [5, 5.41) is 9.92. The monoisotopic (exact) mass is 239 g/mol. The molecule has 1 radical (unpaired) electrons. The first-order chi connectivity index (χ1) is 4.54. The van der Waals surface area contributed by atoms with Crippen molar-refractivity contribution in [2.24, 2.45) is 11.5 Å². The topological polar surface area (TPSA) is 109 Å². The molecule has 0 aliphatic carbocycles. The molecule has 0 heterocycles. The average Bonchev–Trinajstić information content (AvgIpc) is 1.82. The molecular weight excluding hydrogens is 230 g/mol. The molecule has 73 valence electrons. The van der Waals surface area contributed by atoms with Crippen LogP contribution >= 0.6 is 0 Å². The molecule has 0 bridgehead atoms. The number of carboxylic acids is 1. The maximum atomic E-state index is 10.1. The van der Waals surface area contributed by atoms with Crippen molar-refractivity contribution in [1.29, 1.82) is 0 Å². The summed E-state index contributed by atoms with van der Waals surface area (Å²) in [5.74, 6) is -1.92. The Morgan fingerprint density at radius 2 is 1.83 bits per heavy atom. The molecule has 0 spiro atoms. The first-order valence-corrected chi connectivity index (χ1v) is 2.78. The van der Waals surface area contributed by atoms with Gasteiger partial charge in [-0.1, -0.05) is 0 Å². The molecule has 1 atom stereocenters. The number of nitrogens with two attached hydrogens (primary N) is 2. The molecule has 7 heteroatoms. The number of hydrogen-bond donors (Lipinski definition) is 2. The average molecular weight is 240 g/mol. The van der Waals surface area contributed by atoms with Gasteiger partial charge in [0.1, 0.15) is 0 Å². The van der Waals surface area contributed by atoms with Crippen LogP contribution < -0.4 is 29.0 Å². The van der Waals surface area contributed by atoms with Crippen LogP contribution in [0.3, 0.4) is 0 Å². The Morgan fingerprint density at radius 3 is 2.08 bits per heavy atom. The number of hydrogen-bond acceptors (Lipinski definition) is 4. The molecule has 0 fully saturated rings. The summed E-state index contributed by atoms with van der Waals surface area (Å²) in [6.45, 7) is 0. The quantitative estimate of drug-likeness (QED) is 0.509. The molecule has 12 heavy (non-hydrogen) atoms. The standard InChI is InChI=1S/C5H10N2O3.ClH.Co/c6-3(5(9)10)1-2-4(7)8;;/h3H,1-2,6H2,(H2,7,8)(H,9,10);1H;/q;;+2/p-2/t3-;;/m1../s1. The van der Waals surface area contributed by atoms with Crippen LogP contribution in [0.4, 0.5) is 0 Å². The predicted molar refractivity (Wildman–Crippen MR) is 31.4 cm³/mol.